The SMILES string of the molecule is CCc1nn(C)c(C(=O)Nc2ccncc2C)c1N. The fourth-order valence-corrected chi connectivity index (χ4v) is 1.92. The van der Waals surface area contributed by atoms with Crippen LogP contribution >= 0.6 is 0 Å². The summed E-state index contributed by atoms with van der Waals surface area (Å²) in [5, 5.41) is 7.06. The normalized spacial score (nSPS) is 10.5. The Morgan fingerprint density at radius 3 is 2.84 bits per heavy atom. The monoisotopic (exact) mass is 259 g/mol. The van der Waals surface area contributed by atoms with E-state index in [4.69, 9.17) is 5.73 Å². The van der Waals surface area contributed by atoms with Crippen LogP contribution in [-0.4, -0.2) is 20.7 Å². The molecule has 0 fully saturated rings. The Bertz CT molecular complexity index is 617. The van der Waals surface area contributed by atoms with Crippen LogP contribution in [0.15, 0.2) is 18.5 Å². The van der Waals surface area contributed by atoms with Gasteiger partial charge in [-0.1, -0.05) is 6.92 Å². The van der Waals surface area contributed by atoms with Gasteiger partial charge in [0.2, 0.25) is 0 Å². The van der Waals surface area contributed by atoms with Crippen LogP contribution in [0, 0.1) is 6.92 Å². The van der Waals surface area contributed by atoms with Crippen molar-refractivity contribution in [1.82, 2.24) is 14.8 Å². The van der Waals surface area contributed by atoms with Crippen molar-refractivity contribution in [2.45, 2.75) is 20.3 Å². The van der Waals surface area contributed by atoms with Crippen molar-refractivity contribution >= 4 is 17.3 Å². The smallest absolute Gasteiger partial charge is 0.276 e. The summed E-state index contributed by atoms with van der Waals surface area (Å²) in [7, 11) is 1.71. The van der Waals surface area contributed by atoms with Crippen molar-refractivity contribution in [3.63, 3.8) is 0 Å². The minimum atomic E-state index is -0.262. The van der Waals surface area contributed by atoms with Gasteiger partial charge in [0.1, 0.15) is 5.69 Å². The summed E-state index contributed by atoms with van der Waals surface area (Å²) in [6, 6.07) is 1.75. The van der Waals surface area contributed by atoms with Crippen LogP contribution in [0.1, 0.15) is 28.7 Å². The zero-order valence-corrected chi connectivity index (χ0v) is 11.3. The van der Waals surface area contributed by atoms with Crippen LogP contribution in [0.4, 0.5) is 11.4 Å². The van der Waals surface area contributed by atoms with Crippen LogP contribution in [0.5, 0.6) is 0 Å². The van der Waals surface area contributed by atoms with Crippen molar-refractivity contribution in [2.75, 3.05) is 11.1 Å². The highest BCUT2D eigenvalue weighted by molar-refractivity contribution is 6.07. The average Bonchev–Trinajstić information content (AvgIpc) is 2.67. The maximum Gasteiger partial charge on any atom is 0.276 e. The van der Waals surface area contributed by atoms with Crippen LogP contribution in [0.2, 0.25) is 0 Å². The molecule has 0 aliphatic rings. The fourth-order valence-electron chi connectivity index (χ4n) is 1.92. The van der Waals surface area contributed by atoms with Crippen molar-refractivity contribution in [2.24, 2.45) is 7.05 Å². The predicted molar refractivity (Wildman–Crippen MR) is 73.9 cm³/mol. The highest BCUT2D eigenvalue weighted by Gasteiger charge is 2.19. The van der Waals surface area contributed by atoms with Crippen molar-refractivity contribution in [3.05, 3.63) is 35.4 Å². The van der Waals surface area contributed by atoms with Gasteiger partial charge in [0, 0.05) is 25.1 Å². The van der Waals surface area contributed by atoms with Crippen LogP contribution in [0.25, 0.3) is 0 Å². The van der Waals surface area contributed by atoms with Gasteiger partial charge in [0.25, 0.3) is 5.91 Å². The number of carbonyl (C=O) groups excluding carboxylic acids is 1. The van der Waals surface area contributed by atoms with Crippen molar-refractivity contribution in [1.29, 1.82) is 0 Å². The lowest BCUT2D eigenvalue weighted by molar-refractivity contribution is 0.101. The van der Waals surface area contributed by atoms with E-state index >= 15 is 0 Å². The van der Waals surface area contributed by atoms with Gasteiger partial charge < -0.3 is 11.1 Å². The number of rotatable bonds is 3. The van der Waals surface area contributed by atoms with Gasteiger partial charge in [-0.25, -0.2) is 0 Å². The zero-order chi connectivity index (χ0) is 14.0. The predicted octanol–water partition coefficient (Wildman–Crippen LogP) is 1.52. The Kier molecular flexibility index (Phi) is 3.50. The molecule has 2 heterocycles. The van der Waals surface area contributed by atoms with Gasteiger partial charge >= 0.3 is 0 Å². The molecule has 2 aromatic heterocycles. The minimum absolute atomic E-state index is 0.262. The Balaban J connectivity index is 2.31. The largest absolute Gasteiger partial charge is 0.395 e. The van der Waals surface area contributed by atoms with Crippen LogP contribution < -0.4 is 11.1 Å². The topological polar surface area (TPSA) is 85.8 Å². The maximum absolute atomic E-state index is 12.3. The average molecular weight is 259 g/mol. The highest BCUT2D eigenvalue weighted by atomic mass is 16.2. The van der Waals surface area contributed by atoms with Crippen molar-refractivity contribution in [3.8, 4) is 0 Å². The van der Waals surface area contributed by atoms with Crippen molar-refractivity contribution < 1.29 is 4.79 Å². The summed E-state index contributed by atoms with van der Waals surface area (Å²) >= 11 is 0. The second-order valence-electron chi connectivity index (χ2n) is 4.33. The van der Waals surface area contributed by atoms with E-state index in [1.807, 2.05) is 13.8 Å². The summed E-state index contributed by atoms with van der Waals surface area (Å²) in [5.74, 6) is -0.262. The number of amides is 1. The third-order valence-electron chi connectivity index (χ3n) is 2.98. The summed E-state index contributed by atoms with van der Waals surface area (Å²) in [5.41, 5.74) is 9.12. The molecule has 2 rings (SSSR count). The second kappa shape index (κ2) is 5.09. The molecule has 0 atom stereocenters. The molecule has 1 amide bonds. The van der Waals surface area contributed by atoms with E-state index < -0.39 is 0 Å². The lowest BCUT2D eigenvalue weighted by Crippen LogP contribution is -2.18. The first-order chi connectivity index (χ1) is 9.04. The number of carbonyl (C=O) groups is 1. The first-order valence-electron chi connectivity index (χ1n) is 6.07. The molecule has 0 saturated carbocycles. The maximum atomic E-state index is 12.3. The standard InChI is InChI=1S/C13H17N5O/c1-4-9-11(14)12(18(3)17-9)13(19)16-10-5-6-15-7-8(10)2/h5-7H,4,14H2,1-3H3,(H,15,16,19). The quantitative estimate of drug-likeness (QED) is 0.875. The Morgan fingerprint density at radius 1 is 1.53 bits per heavy atom. The molecule has 3 N–H and O–H groups in total. The number of aromatic nitrogens is 3. The number of nitrogens with one attached hydrogen (secondary N) is 1. The Labute approximate surface area is 111 Å². The molecule has 0 unspecified atom stereocenters. The molecule has 100 valence electrons. The molecular weight excluding hydrogens is 242 g/mol. The molecule has 0 spiro atoms. The number of nitrogens with zero attached hydrogens (tertiary/aromatic N) is 3. The van der Waals surface area contributed by atoms with Gasteiger partial charge in [-0.05, 0) is 25.0 Å². The molecular formula is C13H17N5O. The van der Waals surface area contributed by atoms with Crippen LogP contribution in [-0.2, 0) is 13.5 Å². The van der Waals surface area contributed by atoms with E-state index in [-0.39, 0.29) is 5.91 Å². The van der Waals surface area contributed by atoms with Gasteiger partial charge in [0.15, 0.2) is 0 Å². The Hall–Kier alpha value is -2.37. The van der Waals surface area contributed by atoms with Gasteiger partial charge in [-0.2, -0.15) is 5.10 Å². The number of hydrogen-bond donors (Lipinski definition) is 2. The zero-order valence-electron chi connectivity index (χ0n) is 11.3. The molecule has 19 heavy (non-hydrogen) atoms. The fraction of sp³-hybridized carbons (Fsp3) is 0.308. The number of nitrogen functional groups attached to an aromatic ring is 1. The van der Waals surface area contributed by atoms with Gasteiger partial charge in [0.05, 0.1) is 11.4 Å². The number of anilines is 2. The number of nitrogens with two attached hydrogens (primary N) is 1. The molecule has 0 saturated heterocycles. The third-order valence-corrected chi connectivity index (χ3v) is 2.98. The molecule has 2 aromatic rings. The minimum Gasteiger partial charge on any atom is -0.395 e. The van der Waals surface area contributed by atoms with E-state index in [0.29, 0.717) is 17.8 Å². The third kappa shape index (κ3) is 2.42. The van der Waals surface area contributed by atoms with E-state index in [1.165, 1.54) is 4.68 Å². The summed E-state index contributed by atoms with van der Waals surface area (Å²) < 4.78 is 1.51. The first-order valence-corrected chi connectivity index (χ1v) is 6.07. The second-order valence-corrected chi connectivity index (χ2v) is 4.33. The molecule has 0 bridgehead atoms. The van der Waals surface area contributed by atoms with Gasteiger partial charge in [-0.15, -0.1) is 0 Å². The molecule has 0 radical (unpaired) electrons. The number of hydrogen-bond acceptors (Lipinski definition) is 4. The van der Waals surface area contributed by atoms with E-state index in [1.54, 1.807) is 25.5 Å². The Morgan fingerprint density at radius 2 is 2.26 bits per heavy atom. The molecule has 0 aliphatic carbocycles. The van der Waals surface area contributed by atoms with E-state index in [9.17, 15) is 4.79 Å². The summed E-state index contributed by atoms with van der Waals surface area (Å²) in [6.45, 7) is 3.83. The lowest BCUT2D eigenvalue weighted by Gasteiger charge is -2.08. The summed E-state index contributed by atoms with van der Waals surface area (Å²) in [4.78, 5) is 16.2. The van der Waals surface area contributed by atoms with E-state index in [0.717, 1.165) is 16.9 Å². The van der Waals surface area contributed by atoms with E-state index in [2.05, 4.69) is 15.4 Å². The van der Waals surface area contributed by atoms with Crippen LogP contribution in [0.3, 0.4) is 0 Å². The molecule has 0 aromatic carbocycles. The molecule has 6 nitrogen and oxygen atoms in total. The number of pyridine rings is 1. The first kappa shape index (κ1) is 13.1. The molecule has 6 heteroatoms. The summed E-state index contributed by atoms with van der Waals surface area (Å²) in [6.07, 6.45) is 4.02. The number of aryl methyl sites for hydroxylation is 3. The highest BCUT2D eigenvalue weighted by Crippen LogP contribution is 2.19. The van der Waals surface area contributed by atoms with Gasteiger partial charge in [-0.3, -0.25) is 14.5 Å². The lowest BCUT2D eigenvalue weighted by atomic mass is 10.2. The molecule has 0 aliphatic heterocycles.